The first-order chi connectivity index (χ1) is 16.3. The SMILES string of the molecule is C[C@@H]1CN(C(=O)c2nc(-c3ccc(C(F)(F)F)cc3)c(-c3ccc(S(N)(=O)=O)cc3)s2)C[C@H](C)O1. The lowest BCUT2D eigenvalue weighted by atomic mass is 10.0. The number of alkyl halides is 3. The molecule has 0 bridgehead atoms. The van der Waals surface area contributed by atoms with Gasteiger partial charge < -0.3 is 9.64 Å². The monoisotopic (exact) mass is 525 g/mol. The van der Waals surface area contributed by atoms with E-state index in [0.29, 0.717) is 34.8 Å². The van der Waals surface area contributed by atoms with E-state index in [1.807, 2.05) is 13.8 Å². The summed E-state index contributed by atoms with van der Waals surface area (Å²) in [7, 11) is -3.91. The number of benzene rings is 2. The van der Waals surface area contributed by atoms with Gasteiger partial charge in [-0.05, 0) is 43.7 Å². The van der Waals surface area contributed by atoms with Gasteiger partial charge in [-0.2, -0.15) is 13.2 Å². The molecule has 0 unspecified atom stereocenters. The van der Waals surface area contributed by atoms with Crippen molar-refractivity contribution in [3.8, 4) is 21.7 Å². The van der Waals surface area contributed by atoms with Crippen LogP contribution in [0.5, 0.6) is 0 Å². The Bertz CT molecular complexity index is 1330. The van der Waals surface area contributed by atoms with Crippen molar-refractivity contribution in [3.05, 3.63) is 59.1 Å². The van der Waals surface area contributed by atoms with E-state index < -0.39 is 21.8 Å². The van der Waals surface area contributed by atoms with Crippen molar-refractivity contribution in [1.82, 2.24) is 9.88 Å². The van der Waals surface area contributed by atoms with Crippen LogP contribution in [0.3, 0.4) is 0 Å². The third-order valence-corrected chi connectivity index (χ3v) is 7.47. The Labute approximate surface area is 204 Å². The summed E-state index contributed by atoms with van der Waals surface area (Å²) in [6, 6.07) is 10.2. The lowest BCUT2D eigenvalue weighted by molar-refractivity contribution is -0.137. The van der Waals surface area contributed by atoms with Crippen LogP contribution in [0.15, 0.2) is 53.4 Å². The second kappa shape index (κ2) is 9.34. The number of carbonyl (C=O) groups excluding carboxylic acids is 1. The lowest BCUT2D eigenvalue weighted by Crippen LogP contribution is -2.48. The Hall–Kier alpha value is -2.80. The van der Waals surface area contributed by atoms with Crippen molar-refractivity contribution in [2.45, 2.75) is 37.1 Å². The van der Waals surface area contributed by atoms with Gasteiger partial charge in [0.1, 0.15) is 0 Å². The number of rotatable bonds is 4. The maximum atomic E-state index is 13.3. The van der Waals surface area contributed by atoms with Crippen LogP contribution >= 0.6 is 11.3 Å². The van der Waals surface area contributed by atoms with Crippen LogP contribution in [0.4, 0.5) is 13.2 Å². The van der Waals surface area contributed by atoms with Gasteiger partial charge in [-0.1, -0.05) is 24.3 Å². The Balaban J connectivity index is 1.78. The van der Waals surface area contributed by atoms with E-state index in [0.717, 1.165) is 23.5 Å². The van der Waals surface area contributed by atoms with Crippen molar-refractivity contribution >= 4 is 27.3 Å². The summed E-state index contributed by atoms with van der Waals surface area (Å²) >= 11 is 1.09. The zero-order valence-corrected chi connectivity index (χ0v) is 20.4. The fourth-order valence-electron chi connectivity index (χ4n) is 3.89. The normalized spacial score (nSPS) is 19.1. The molecule has 12 heteroatoms. The summed E-state index contributed by atoms with van der Waals surface area (Å²) < 4.78 is 68.1. The first-order valence-corrected chi connectivity index (χ1v) is 13.0. The molecule has 2 aromatic carbocycles. The number of primary sulfonamides is 1. The first-order valence-electron chi connectivity index (χ1n) is 10.6. The Morgan fingerprint density at radius 3 is 2.09 bits per heavy atom. The summed E-state index contributed by atoms with van der Waals surface area (Å²) in [5.74, 6) is -0.308. The number of hydrogen-bond donors (Lipinski definition) is 1. The van der Waals surface area contributed by atoms with Crippen molar-refractivity contribution in [3.63, 3.8) is 0 Å². The average Bonchev–Trinajstić information content (AvgIpc) is 3.22. The van der Waals surface area contributed by atoms with E-state index in [2.05, 4.69) is 4.98 Å². The highest BCUT2D eigenvalue weighted by molar-refractivity contribution is 7.89. The molecule has 3 aromatic rings. The summed E-state index contributed by atoms with van der Waals surface area (Å²) in [5, 5.41) is 5.35. The van der Waals surface area contributed by atoms with Crippen LogP contribution in [0, 0.1) is 0 Å². The van der Waals surface area contributed by atoms with Gasteiger partial charge in [-0.25, -0.2) is 18.5 Å². The molecular weight excluding hydrogens is 503 g/mol. The highest BCUT2D eigenvalue weighted by Crippen LogP contribution is 2.39. The van der Waals surface area contributed by atoms with E-state index in [-0.39, 0.29) is 28.0 Å². The van der Waals surface area contributed by atoms with Crippen LogP contribution < -0.4 is 5.14 Å². The highest BCUT2D eigenvalue weighted by atomic mass is 32.2. The molecule has 35 heavy (non-hydrogen) atoms. The molecule has 0 radical (unpaired) electrons. The number of carbonyl (C=O) groups is 1. The number of amides is 1. The second-order valence-electron chi connectivity index (χ2n) is 8.31. The maximum absolute atomic E-state index is 13.3. The van der Waals surface area contributed by atoms with E-state index in [4.69, 9.17) is 9.88 Å². The van der Waals surface area contributed by atoms with Crippen molar-refractivity contribution in [2.75, 3.05) is 13.1 Å². The summed E-state index contributed by atoms with van der Waals surface area (Å²) in [6.07, 6.45) is -4.79. The van der Waals surface area contributed by atoms with E-state index >= 15 is 0 Å². The second-order valence-corrected chi connectivity index (χ2v) is 10.9. The van der Waals surface area contributed by atoms with E-state index in [1.54, 1.807) is 4.90 Å². The van der Waals surface area contributed by atoms with Gasteiger partial charge in [-0.15, -0.1) is 11.3 Å². The fraction of sp³-hybridized carbons (Fsp3) is 0.304. The smallest absolute Gasteiger partial charge is 0.372 e. The molecule has 1 amide bonds. The van der Waals surface area contributed by atoms with Crippen LogP contribution in [0.1, 0.15) is 29.2 Å². The number of sulfonamides is 1. The minimum Gasteiger partial charge on any atom is -0.372 e. The minimum atomic E-state index is -4.49. The topological polar surface area (TPSA) is 103 Å². The number of ether oxygens (including phenoxy) is 1. The highest BCUT2D eigenvalue weighted by Gasteiger charge is 2.32. The lowest BCUT2D eigenvalue weighted by Gasteiger charge is -2.34. The predicted molar refractivity (Wildman–Crippen MR) is 125 cm³/mol. The Morgan fingerprint density at radius 1 is 1.03 bits per heavy atom. The van der Waals surface area contributed by atoms with Gasteiger partial charge in [0.05, 0.1) is 33.2 Å². The van der Waals surface area contributed by atoms with Crippen molar-refractivity contribution < 1.29 is 31.1 Å². The third kappa shape index (κ3) is 5.56. The molecule has 7 nitrogen and oxygen atoms in total. The Morgan fingerprint density at radius 2 is 1.57 bits per heavy atom. The quantitative estimate of drug-likeness (QED) is 0.544. The van der Waals surface area contributed by atoms with Gasteiger partial charge in [-0.3, -0.25) is 4.79 Å². The standard InChI is InChI=1S/C23H22F3N3O4S2/c1-13-11-29(12-14(2)33-13)22(30)21-28-19(15-3-7-17(8-4-15)23(24,25)26)20(34-21)16-5-9-18(10-6-16)35(27,31)32/h3-10,13-14H,11-12H2,1-2H3,(H2,27,31,32)/t13-,14+. The Kier molecular flexibility index (Phi) is 6.75. The number of thiazole rings is 1. The summed E-state index contributed by atoms with van der Waals surface area (Å²) in [6.45, 7) is 4.50. The number of nitrogens with zero attached hydrogens (tertiary/aromatic N) is 2. The number of nitrogens with two attached hydrogens (primary N) is 1. The molecule has 2 atom stereocenters. The van der Waals surface area contributed by atoms with Gasteiger partial charge in [0.15, 0.2) is 5.01 Å². The molecule has 2 heterocycles. The predicted octanol–water partition coefficient (Wildman–Crippen LogP) is 4.39. The van der Waals surface area contributed by atoms with E-state index in [1.165, 1.54) is 36.4 Å². The molecule has 1 aliphatic heterocycles. The molecule has 0 aliphatic carbocycles. The number of halogens is 3. The molecule has 0 saturated carbocycles. The maximum Gasteiger partial charge on any atom is 0.416 e. The van der Waals surface area contributed by atoms with Crippen molar-refractivity contribution in [1.29, 1.82) is 0 Å². The molecule has 2 N–H and O–H groups in total. The van der Waals surface area contributed by atoms with Crippen molar-refractivity contribution in [2.24, 2.45) is 5.14 Å². The molecular formula is C23H22F3N3O4S2. The minimum absolute atomic E-state index is 0.0885. The van der Waals surface area contributed by atoms with E-state index in [9.17, 15) is 26.4 Å². The molecule has 1 aliphatic rings. The zero-order chi connectivity index (χ0) is 25.5. The molecule has 1 aromatic heterocycles. The molecule has 1 saturated heterocycles. The van der Waals surface area contributed by atoms with Gasteiger partial charge in [0, 0.05) is 18.7 Å². The van der Waals surface area contributed by atoms with Gasteiger partial charge in [0.2, 0.25) is 10.0 Å². The van der Waals surface area contributed by atoms with Crippen LogP contribution in [0.2, 0.25) is 0 Å². The van der Waals surface area contributed by atoms with Gasteiger partial charge in [0.25, 0.3) is 5.91 Å². The summed E-state index contributed by atoms with van der Waals surface area (Å²) in [4.78, 5) is 19.8. The third-order valence-electron chi connectivity index (χ3n) is 5.45. The number of morpholine rings is 1. The fourth-order valence-corrected chi connectivity index (χ4v) is 5.47. The molecule has 4 rings (SSSR count). The van der Waals surface area contributed by atoms with Gasteiger partial charge >= 0.3 is 6.18 Å². The zero-order valence-electron chi connectivity index (χ0n) is 18.7. The van der Waals surface area contributed by atoms with Crippen LogP contribution in [0.25, 0.3) is 21.7 Å². The average molecular weight is 526 g/mol. The molecule has 186 valence electrons. The first kappa shape index (κ1) is 25.3. The van der Waals surface area contributed by atoms with Crippen LogP contribution in [-0.2, 0) is 20.9 Å². The summed E-state index contributed by atoms with van der Waals surface area (Å²) in [5.41, 5.74) is 0.461. The number of aromatic nitrogens is 1. The molecule has 1 fully saturated rings. The number of hydrogen-bond acceptors (Lipinski definition) is 6. The largest absolute Gasteiger partial charge is 0.416 e. The van der Waals surface area contributed by atoms with Crippen LogP contribution in [-0.4, -0.2) is 49.5 Å². The molecule has 0 spiro atoms.